The van der Waals surface area contributed by atoms with E-state index >= 15 is 0 Å². The SMILES string of the molecule is CCC[C@H](N)c1ccc(C(C)C)cc1. The van der Waals surface area contributed by atoms with Crippen molar-refractivity contribution in [1.29, 1.82) is 0 Å². The number of hydrogen-bond donors (Lipinski definition) is 1. The van der Waals surface area contributed by atoms with Gasteiger partial charge in [-0.1, -0.05) is 51.5 Å². The molecule has 0 bridgehead atoms. The van der Waals surface area contributed by atoms with Gasteiger partial charge in [-0.15, -0.1) is 0 Å². The fourth-order valence-corrected chi connectivity index (χ4v) is 1.61. The van der Waals surface area contributed by atoms with Crippen LogP contribution in [0.25, 0.3) is 0 Å². The van der Waals surface area contributed by atoms with E-state index in [0.29, 0.717) is 5.92 Å². The number of nitrogens with two attached hydrogens (primary N) is 1. The van der Waals surface area contributed by atoms with E-state index in [9.17, 15) is 0 Å². The molecule has 1 aromatic rings. The van der Waals surface area contributed by atoms with E-state index < -0.39 is 0 Å². The van der Waals surface area contributed by atoms with Gasteiger partial charge in [0.15, 0.2) is 0 Å². The smallest absolute Gasteiger partial charge is 0.0294 e. The number of hydrogen-bond acceptors (Lipinski definition) is 1. The minimum Gasteiger partial charge on any atom is -0.324 e. The summed E-state index contributed by atoms with van der Waals surface area (Å²) >= 11 is 0. The minimum atomic E-state index is 0.209. The molecule has 0 fully saturated rings. The predicted octanol–water partition coefficient (Wildman–Crippen LogP) is 3.61. The molecule has 0 spiro atoms. The molecule has 0 aromatic heterocycles. The Kier molecular flexibility index (Phi) is 4.15. The van der Waals surface area contributed by atoms with Crippen molar-refractivity contribution >= 4 is 0 Å². The van der Waals surface area contributed by atoms with Crippen LogP contribution in [0.4, 0.5) is 0 Å². The maximum atomic E-state index is 6.03. The van der Waals surface area contributed by atoms with Crippen LogP contribution in [0.2, 0.25) is 0 Å². The van der Waals surface area contributed by atoms with Crippen molar-refractivity contribution in [3.8, 4) is 0 Å². The summed E-state index contributed by atoms with van der Waals surface area (Å²) in [5, 5.41) is 0. The van der Waals surface area contributed by atoms with Gasteiger partial charge in [0.25, 0.3) is 0 Å². The molecule has 0 aliphatic heterocycles. The van der Waals surface area contributed by atoms with Crippen molar-refractivity contribution < 1.29 is 0 Å². The lowest BCUT2D eigenvalue weighted by Crippen LogP contribution is -2.09. The first-order valence-electron chi connectivity index (χ1n) is 5.50. The Morgan fingerprint density at radius 2 is 1.57 bits per heavy atom. The summed E-state index contributed by atoms with van der Waals surface area (Å²) in [5.74, 6) is 0.603. The van der Waals surface area contributed by atoms with E-state index in [1.165, 1.54) is 11.1 Å². The standard InChI is InChI=1S/C13H21N/c1-4-5-13(14)12-8-6-11(7-9-12)10(2)3/h6-10,13H,4-5,14H2,1-3H3/t13-/m0/s1. The first-order chi connectivity index (χ1) is 6.65. The largest absolute Gasteiger partial charge is 0.324 e. The van der Waals surface area contributed by atoms with Crippen molar-refractivity contribution in [3.05, 3.63) is 35.4 Å². The predicted molar refractivity (Wildman–Crippen MR) is 62.4 cm³/mol. The summed E-state index contributed by atoms with van der Waals surface area (Å²) < 4.78 is 0. The van der Waals surface area contributed by atoms with Crippen molar-refractivity contribution in [3.63, 3.8) is 0 Å². The van der Waals surface area contributed by atoms with Crippen molar-refractivity contribution in [2.24, 2.45) is 5.73 Å². The molecule has 0 saturated carbocycles. The summed E-state index contributed by atoms with van der Waals surface area (Å²) in [6, 6.07) is 8.91. The number of rotatable bonds is 4. The average Bonchev–Trinajstić information content (AvgIpc) is 2.18. The molecule has 0 aliphatic rings. The third kappa shape index (κ3) is 2.85. The third-order valence-corrected chi connectivity index (χ3v) is 2.63. The van der Waals surface area contributed by atoms with E-state index in [0.717, 1.165) is 12.8 Å². The van der Waals surface area contributed by atoms with Gasteiger partial charge in [0.1, 0.15) is 0 Å². The zero-order valence-corrected chi connectivity index (χ0v) is 9.46. The molecular formula is C13H21N. The Labute approximate surface area is 87.3 Å². The quantitative estimate of drug-likeness (QED) is 0.773. The van der Waals surface area contributed by atoms with Crippen LogP contribution in [0.3, 0.4) is 0 Å². The summed E-state index contributed by atoms with van der Waals surface area (Å²) in [7, 11) is 0. The third-order valence-electron chi connectivity index (χ3n) is 2.63. The second-order valence-corrected chi connectivity index (χ2v) is 4.22. The van der Waals surface area contributed by atoms with Crippen LogP contribution in [0.15, 0.2) is 24.3 Å². The van der Waals surface area contributed by atoms with Crippen LogP contribution in [0, 0.1) is 0 Å². The zero-order valence-electron chi connectivity index (χ0n) is 9.46. The summed E-state index contributed by atoms with van der Waals surface area (Å²) in [5.41, 5.74) is 8.68. The molecular weight excluding hydrogens is 170 g/mol. The highest BCUT2D eigenvalue weighted by Crippen LogP contribution is 2.19. The molecule has 2 N–H and O–H groups in total. The first-order valence-corrected chi connectivity index (χ1v) is 5.50. The molecule has 1 aromatic carbocycles. The fraction of sp³-hybridized carbons (Fsp3) is 0.538. The molecule has 1 rings (SSSR count). The van der Waals surface area contributed by atoms with Gasteiger partial charge < -0.3 is 5.73 Å². The molecule has 1 atom stereocenters. The number of benzene rings is 1. The first kappa shape index (κ1) is 11.3. The van der Waals surface area contributed by atoms with Crippen LogP contribution < -0.4 is 5.73 Å². The van der Waals surface area contributed by atoms with Gasteiger partial charge in [-0.25, -0.2) is 0 Å². The van der Waals surface area contributed by atoms with Gasteiger partial charge >= 0.3 is 0 Å². The van der Waals surface area contributed by atoms with E-state index in [2.05, 4.69) is 45.0 Å². The molecule has 78 valence electrons. The van der Waals surface area contributed by atoms with Gasteiger partial charge in [-0.2, -0.15) is 0 Å². The molecule has 0 unspecified atom stereocenters. The lowest BCUT2D eigenvalue weighted by molar-refractivity contribution is 0.638. The van der Waals surface area contributed by atoms with Crippen molar-refractivity contribution in [2.45, 2.75) is 45.6 Å². The van der Waals surface area contributed by atoms with Crippen LogP contribution in [0.5, 0.6) is 0 Å². The van der Waals surface area contributed by atoms with Gasteiger partial charge in [0.05, 0.1) is 0 Å². The Bertz CT molecular complexity index is 261. The second-order valence-electron chi connectivity index (χ2n) is 4.22. The maximum Gasteiger partial charge on any atom is 0.0294 e. The average molecular weight is 191 g/mol. The van der Waals surface area contributed by atoms with E-state index in [-0.39, 0.29) is 6.04 Å². The molecule has 1 nitrogen and oxygen atoms in total. The highest BCUT2D eigenvalue weighted by molar-refractivity contribution is 5.26. The Balaban J connectivity index is 2.72. The van der Waals surface area contributed by atoms with E-state index in [4.69, 9.17) is 5.73 Å². The molecule has 0 aliphatic carbocycles. The lowest BCUT2D eigenvalue weighted by atomic mass is 9.98. The van der Waals surface area contributed by atoms with Gasteiger partial charge in [-0.3, -0.25) is 0 Å². The topological polar surface area (TPSA) is 26.0 Å². The Morgan fingerprint density at radius 3 is 2.00 bits per heavy atom. The van der Waals surface area contributed by atoms with Crippen LogP contribution >= 0.6 is 0 Å². The Morgan fingerprint density at radius 1 is 1.07 bits per heavy atom. The zero-order chi connectivity index (χ0) is 10.6. The summed E-state index contributed by atoms with van der Waals surface area (Å²) in [6.07, 6.45) is 2.22. The summed E-state index contributed by atoms with van der Waals surface area (Å²) in [6.45, 7) is 6.59. The Hall–Kier alpha value is -0.820. The van der Waals surface area contributed by atoms with Gasteiger partial charge in [0.2, 0.25) is 0 Å². The molecule has 1 heteroatoms. The highest BCUT2D eigenvalue weighted by Gasteiger charge is 2.05. The van der Waals surface area contributed by atoms with E-state index in [1.807, 2.05) is 0 Å². The lowest BCUT2D eigenvalue weighted by Gasteiger charge is -2.12. The molecule has 0 amide bonds. The maximum absolute atomic E-state index is 6.03. The monoisotopic (exact) mass is 191 g/mol. The van der Waals surface area contributed by atoms with Crippen molar-refractivity contribution in [1.82, 2.24) is 0 Å². The van der Waals surface area contributed by atoms with Gasteiger partial charge in [0, 0.05) is 6.04 Å². The van der Waals surface area contributed by atoms with Crippen molar-refractivity contribution in [2.75, 3.05) is 0 Å². The van der Waals surface area contributed by atoms with Crippen LogP contribution in [-0.2, 0) is 0 Å². The summed E-state index contributed by atoms with van der Waals surface area (Å²) in [4.78, 5) is 0. The van der Waals surface area contributed by atoms with Crippen LogP contribution in [-0.4, -0.2) is 0 Å². The molecule has 0 radical (unpaired) electrons. The normalized spacial score (nSPS) is 13.2. The van der Waals surface area contributed by atoms with E-state index in [1.54, 1.807) is 0 Å². The fourth-order valence-electron chi connectivity index (χ4n) is 1.61. The molecule has 0 heterocycles. The molecule has 14 heavy (non-hydrogen) atoms. The second kappa shape index (κ2) is 5.16. The molecule has 0 saturated heterocycles. The highest BCUT2D eigenvalue weighted by atomic mass is 14.6. The van der Waals surface area contributed by atoms with Crippen LogP contribution in [0.1, 0.15) is 56.7 Å². The van der Waals surface area contributed by atoms with Gasteiger partial charge in [-0.05, 0) is 23.5 Å². The minimum absolute atomic E-state index is 0.209.